The van der Waals surface area contributed by atoms with Crippen molar-refractivity contribution in [2.45, 2.75) is 58.8 Å². The number of benzene rings is 1. The lowest BCUT2D eigenvalue weighted by atomic mass is 9.88. The van der Waals surface area contributed by atoms with Gasteiger partial charge in [0.15, 0.2) is 0 Å². The second-order valence-corrected chi connectivity index (χ2v) is 7.21. The van der Waals surface area contributed by atoms with Gasteiger partial charge in [-0.1, -0.05) is 39.2 Å². The highest BCUT2D eigenvalue weighted by Crippen LogP contribution is 2.32. The first-order valence-corrected chi connectivity index (χ1v) is 9.95. The van der Waals surface area contributed by atoms with Crippen molar-refractivity contribution in [3.05, 3.63) is 52.6 Å². The summed E-state index contributed by atoms with van der Waals surface area (Å²) in [7, 11) is 0. The predicted octanol–water partition coefficient (Wildman–Crippen LogP) is 6.11. The molecule has 1 aliphatic carbocycles. The van der Waals surface area contributed by atoms with Crippen LogP contribution in [0.25, 0.3) is 5.57 Å². The van der Waals surface area contributed by atoms with Gasteiger partial charge in [-0.15, -0.1) is 0 Å². The summed E-state index contributed by atoms with van der Waals surface area (Å²) in [6, 6.07) is 5.32. The van der Waals surface area contributed by atoms with Crippen molar-refractivity contribution in [3.8, 4) is 6.07 Å². The molecular formula is C23H27F2NO2. The van der Waals surface area contributed by atoms with Gasteiger partial charge in [-0.25, -0.2) is 13.6 Å². The van der Waals surface area contributed by atoms with E-state index in [2.05, 4.69) is 13.8 Å². The fraction of sp³-hybridized carbons (Fsp3) is 0.478. The van der Waals surface area contributed by atoms with Gasteiger partial charge < -0.3 is 4.74 Å². The lowest BCUT2D eigenvalue weighted by molar-refractivity contribution is -0.140. The molecule has 5 heteroatoms. The average molecular weight is 387 g/mol. The molecule has 0 saturated heterocycles. The minimum absolute atomic E-state index is 0.0144. The number of rotatable bonds is 8. The molecule has 0 aliphatic heterocycles. The topological polar surface area (TPSA) is 50.1 Å². The first-order valence-electron chi connectivity index (χ1n) is 9.95. The van der Waals surface area contributed by atoms with Crippen LogP contribution in [-0.4, -0.2) is 12.6 Å². The van der Waals surface area contributed by atoms with Gasteiger partial charge in [-0.05, 0) is 60.4 Å². The number of nitriles is 1. The number of nitrogens with zero attached hydrogens (tertiary/aromatic N) is 1. The number of hydrogen-bond donors (Lipinski definition) is 0. The second-order valence-electron chi connectivity index (χ2n) is 7.21. The van der Waals surface area contributed by atoms with Crippen molar-refractivity contribution < 1.29 is 18.3 Å². The highest BCUT2D eigenvalue weighted by atomic mass is 19.1. The van der Waals surface area contributed by atoms with Crippen LogP contribution in [-0.2, 0) is 9.53 Å². The molecule has 1 unspecified atom stereocenters. The van der Waals surface area contributed by atoms with Crippen LogP contribution in [0.4, 0.5) is 8.78 Å². The summed E-state index contributed by atoms with van der Waals surface area (Å²) in [5.74, 6) is -1.62. The number of hydrogen-bond acceptors (Lipinski definition) is 3. The minimum Gasteiger partial charge on any atom is -0.461 e. The zero-order chi connectivity index (χ0) is 20.5. The first-order chi connectivity index (χ1) is 13.5. The molecule has 0 bridgehead atoms. The number of esters is 1. The Hall–Kier alpha value is -2.48. The van der Waals surface area contributed by atoms with Crippen LogP contribution in [0.2, 0.25) is 0 Å². The van der Waals surface area contributed by atoms with Gasteiger partial charge in [0, 0.05) is 6.07 Å². The number of ether oxygens (including phenoxy) is 1. The molecule has 0 N–H and O–H groups in total. The maximum atomic E-state index is 13.5. The first kappa shape index (κ1) is 21.8. The van der Waals surface area contributed by atoms with Crippen molar-refractivity contribution in [1.82, 2.24) is 0 Å². The molecule has 0 aromatic heterocycles. The fourth-order valence-electron chi connectivity index (χ4n) is 3.40. The summed E-state index contributed by atoms with van der Waals surface area (Å²) >= 11 is 0. The lowest BCUT2D eigenvalue weighted by Gasteiger charge is -2.18. The van der Waals surface area contributed by atoms with Crippen LogP contribution < -0.4 is 0 Å². The fourth-order valence-corrected chi connectivity index (χ4v) is 3.40. The third kappa shape index (κ3) is 6.02. The van der Waals surface area contributed by atoms with E-state index in [9.17, 15) is 18.8 Å². The monoisotopic (exact) mass is 387 g/mol. The van der Waals surface area contributed by atoms with E-state index < -0.39 is 17.6 Å². The smallest absolute Gasteiger partial charge is 0.349 e. The van der Waals surface area contributed by atoms with E-state index in [1.165, 1.54) is 12.1 Å². The van der Waals surface area contributed by atoms with E-state index in [0.717, 1.165) is 37.3 Å². The molecule has 0 fully saturated rings. The molecule has 2 rings (SSSR count). The second kappa shape index (κ2) is 10.8. The summed E-state index contributed by atoms with van der Waals surface area (Å²) in [5, 5.41) is 9.50. The van der Waals surface area contributed by atoms with Gasteiger partial charge in [0.1, 0.15) is 23.3 Å². The van der Waals surface area contributed by atoms with Crippen molar-refractivity contribution >= 4 is 11.5 Å². The maximum absolute atomic E-state index is 13.5. The Balaban J connectivity index is 2.19. The molecule has 0 spiro atoms. The van der Waals surface area contributed by atoms with Crippen LogP contribution >= 0.6 is 0 Å². The number of halogens is 2. The van der Waals surface area contributed by atoms with Crippen LogP contribution in [0.15, 0.2) is 35.4 Å². The van der Waals surface area contributed by atoms with E-state index in [0.29, 0.717) is 42.9 Å². The van der Waals surface area contributed by atoms with Crippen molar-refractivity contribution in [1.29, 1.82) is 5.26 Å². The van der Waals surface area contributed by atoms with Crippen molar-refractivity contribution in [3.63, 3.8) is 0 Å². The Morgan fingerprint density at radius 1 is 1.21 bits per heavy atom. The van der Waals surface area contributed by atoms with Gasteiger partial charge in [0.05, 0.1) is 6.61 Å². The quantitative estimate of drug-likeness (QED) is 0.307. The van der Waals surface area contributed by atoms with E-state index in [1.54, 1.807) is 6.08 Å². The van der Waals surface area contributed by atoms with Gasteiger partial charge in [0.2, 0.25) is 0 Å². The molecule has 0 amide bonds. The third-order valence-corrected chi connectivity index (χ3v) is 5.10. The Bertz CT molecular complexity index is 785. The van der Waals surface area contributed by atoms with Crippen molar-refractivity contribution in [2.24, 2.45) is 5.92 Å². The van der Waals surface area contributed by atoms with Gasteiger partial charge in [-0.3, -0.25) is 0 Å². The van der Waals surface area contributed by atoms with E-state index in [-0.39, 0.29) is 5.57 Å². The average Bonchev–Trinajstić information content (AvgIpc) is 2.68. The predicted molar refractivity (Wildman–Crippen MR) is 105 cm³/mol. The van der Waals surface area contributed by atoms with Crippen LogP contribution in [0, 0.1) is 28.9 Å². The number of carbonyl (C=O) groups excluding carboxylic acids is 1. The highest BCUT2D eigenvalue weighted by molar-refractivity contribution is 5.95. The summed E-state index contributed by atoms with van der Waals surface area (Å²) < 4.78 is 32.5. The van der Waals surface area contributed by atoms with Crippen LogP contribution in [0.3, 0.4) is 0 Å². The third-order valence-electron chi connectivity index (χ3n) is 5.10. The Morgan fingerprint density at radius 2 is 1.93 bits per heavy atom. The normalized spacial score (nSPS) is 16.8. The van der Waals surface area contributed by atoms with Gasteiger partial charge >= 0.3 is 5.97 Å². The Kier molecular flexibility index (Phi) is 8.38. The van der Waals surface area contributed by atoms with Crippen LogP contribution in [0.1, 0.15) is 64.4 Å². The Morgan fingerprint density at radius 3 is 2.54 bits per heavy atom. The van der Waals surface area contributed by atoms with E-state index in [1.807, 2.05) is 6.07 Å². The molecule has 0 radical (unpaired) electrons. The SMILES string of the molecule is CCCCC(CC)COC(=O)/C(C#N)=C1/C=C(c2cc(F)cc(F)c2)CCC1. The van der Waals surface area contributed by atoms with Crippen LogP contribution in [0.5, 0.6) is 0 Å². The molecule has 1 aromatic carbocycles. The molecule has 1 aliphatic rings. The summed E-state index contributed by atoms with van der Waals surface area (Å²) in [5.41, 5.74) is 1.71. The van der Waals surface area contributed by atoms with E-state index in [4.69, 9.17) is 4.74 Å². The standard InChI is InChI=1S/C23H27F2NO2/c1-3-5-7-16(4-2)15-28-23(27)22(14-26)18-9-6-8-17(10-18)19-11-20(24)13-21(25)12-19/h10-13,16H,3-9,15H2,1-2H3/b22-18+. The Labute approximate surface area is 165 Å². The largest absolute Gasteiger partial charge is 0.461 e. The molecule has 150 valence electrons. The number of carbonyl (C=O) groups is 1. The molecule has 3 nitrogen and oxygen atoms in total. The number of allylic oxidation sites excluding steroid dienone is 3. The molecule has 28 heavy (non-hydrogen) atoms. The van der Waals surface area contributed by atoms with Gasteiger partial charge in [-0.2, -0.15) is 5.26 Å². The van der Waals surface area contributed by atoms with Crippen molar-refractivity contribution in [2.75, 3.05) is 6.61 Å². The minimum atomic E-state index is -0.649. The molecular weight excluding hydrogens is 360 g/mol. The van der Waals surface area contributed by atoms with E-state index >= 15 is 0 Å². The summed E-state index contributed by atoms with van der Waals surface area (Å²) in [4.78, 5) is 12.5. The maximum Gasteiger partial charge on any atom is 0.349 e. The summed E-state index contributed by atoms with van der Waals surface area (Å²) in [6.45, 7) is 4.49. The molecule has 1 atom stereocenters. The zero-order valence-electron chi connectivity index (χ0n) is 16.6. The summed E-state index contributed by atoms with van der Waals surface area (Å²) in [6.07, 6.45) is 7.68. The zero-order valence-corrected chi connectivity index (χ0v) is 16.6. The lowest BCUT2D eigenvalue weighted by Crippen LogP contribution is -2.16. The molecule has 1 aromatic rings. The molecule has 0 heterocycles. The molecule has 0 saturated carbocycles. The highest BCUT2D eigenvalue weighted by Gasteiger charge is 2.21. The van der Waals surface area contributed by atoms with Gasteiger partial charge in [0.25, 0.3) is 0 Å². The number of unbranched alkanes of at least 4 members (excludes halogenated alkanes) is 1.